The lowest BCUT2D eigenvalue weighted by Crippen LogP contribution is -2.48. The van der Waals surface area contributed by atoms with Gasteiger partial charge in [0.2, 0.25) is 10.0 Å². The Hall–Kier alpha value is -1.41. The van der Waals surface area contributed by atoms with E-state index in [2.05, 4.69) is 22.4 Å². The van der Waals surface area contributed by atoms with E-state index in [0.29, 0.717) is 24.6 Å². The maximum atomic E-state index is 12.9. The van der Waals surface area contributed by atoms with E-state index < -0.39 is 10.0 Å². The van der Waals surface area contributed by atoms with E-state index in [9.17, 15) is 8.42 Å². The van der Waals surface area contributed by atoms with E-state index >= 15 is 0 Å². The number of sulfonamides is 1. The summed E-state index contributed by atoms with van der Waals surface area (Å²) < 4.78 is 32.8. The normalized spacial score (nSPS) is 19.2. The molecule has 0 atom stereocenters. The van der Waals surface area contributed by atoms with Crippen molar-refractivity contribution in [3.63, 3.8) is 0 Å². The van der Waals surface area contributed by atoms with Crippen LogP contribution in [0.1, 0.15) is 10.4 Å². The van der Waals surface area contributed by atoms with Crippen LogP contribution in [-0.4, -0.2) is 50.4 Å². The number of rotatable bonds is 4. The van der Waals surface area contributed by atoms with Crippen molar-refractivity contribution < 1.29 is 13.2 Å². The first-order chi connectivity index (χ1) is 11.6. The van der Waals surface area contributed by atoms with Gasteiger partial charge in [-0.05, 0) is 35.2 Å². The highest BCUT2D eigenvalue weighted by atomic mass is 32.2. The fraction of sp³-hybridized carbons (Fsp3) is 0.412. The van der Waals surface area contributed by atoms with Crippen LogP contribution < -0.4 is 4.74 Å². The molecular formula is C17H20N2O3S2. The maximum absolute atomic E-state index is 12.9. The molecule has 7 heteroatoms. The zero-order valence-electron chi connectivity index (χ0n) is 13.3. The Morgan fingerprint density at radius 1 is 1.12 bits per heavy atom. The van der Waals surface area contributed by atoms with Crippen molar-refractivity contribution in [1.29, 1.82) is 0 Å². The lowest BCUT2D eigenvalue weighted by molar-refractivity contribution is 0.183. The highest BCUT2D eigenvalue weighted by Crippen LogP contribution is 2.29. The number of thiophene rings is 1. The minimum atomic E-state index is -3.42. The molecule has 2 aliphatic heterocycles. The smallest absolute Gasteiger partial charge is 0.243 e. The Labute approximate surface area is 146 Å². The van der Waals surface area contributed by atoms with Gasteiger partial charge in [0.15, 0.2) is 0 Å². The first-order valence-corrected chi connectivity index (χ1v) is 10.5. The fourth-order valence-electron chi connectivity index (χ4n) is 3.22. The molecule has 0 spiro atoms. The van der Waals surface area contributed by atoms with Crippen LogP contribution in [0.2, 0.25) is 0 Å². The topological polar surface area (TPSA) is 49.9 Å². The number of benzene rings is 1. The van der Waals surface area contributed by atoms with Gasteiger partial charge in [0.25, 0.3) is 0 Å². The SMILES string of the molecule is O=S(=O)(c1ccc2c(c1)CCO2)N1CCN(Cc2cccs2)CC1. The number of fused-ring (bicyclic) bond motifs is 1. The van der Waals surface area contributed by atoms with E-state index in [-0.39, 0.29) is 0 Å². The minimum Gasteiger partial charge on any atom is -0.493 e. The van der Waals surface area contributed by atoms with E-state index in [4.69, 9.17) is 4.74 Å². The molecule has 128 valence electrons. The summed E-state index contributed by atoms with van der Waals surface area (Å²) in [6.07, 6.45) is 0.785. The van der Waals surface area contributed by atoms with Crippen molar-refractivity contribution in [2.75, 3.05) is 32.8 Å². The van der Waals surface area contributed by atoms with Gasteiger partial charge in [-0.3, -0.25) is 4.90 Å². The number of piperazine rings is 1. The molecule has 0 unspecified atom stereocenters. The van der Waals surface area contributed by atoms with Crippen LogP contribution in [0, 0.1) is 0 Å². The van der Waals surface area contributed by atoms with Gasteiger partial charge in [0.05, 0.1) is 11.5 Å². The van der Waals surface area contributed by atoms with Crippen LogP contribution in [0.25, 0.3) is 0 Å². The molecule has 0 bridgehead atoms. The second-order valence-electron chi connectivity index (χ2n) is 6.13. The van der Waals surface area contributed by atoms with Gasteiger partial charge in [-0.25, -0.2) is 8.42 Å². The van der Waals surface area contributed by atoms with Crippen LogP contribution in [0.5, 0.6) is 5.75 Å². The molecule has 2 aromatic rings. The standard InChI is InChI=1S/C17H20N2O3S2/c20-24(21,16-3-4-17-14(12-16)5-10-22-17)19-8-6-18(7-9-19)13-15-2-1-11-23-15/h1-4,11-12H,5-10,13H2. The molecule has 1 saturated heterocycles. The van der Waals surface area contributed by atoms with Crippen LogP contribution in [0.4, 0.5) is 0 Å². The molecule has 24 heavy (non-hydrogen) atoms. The first-order valence-electron chi connectivity index (χ1n) is 8.13. The summed E-state index contributed by atoms with van der Waals surface area (Å²) in [4.78, 5) is 4.03. The van der Waals surface area contributed by atoms with Gasteiger partial charge in [0.1, 0.15) is 5.75 Å². The largest absolute Gasteiger partial charge is 0.493 e. The van der Waals surface area contributed by atoms with E-state index in [1.165, 1.54) is 4.88 Å². The second kappa shape index (κ2) is 6.48. The predicted molar refractivity (Wildman–Crippen MR) is 94.0 cm³/mol. The van der Waals surface area contributed by atoms with E-state index in [0.717, 1.165) is 37.4 Å². The molecule has 4 rings (SSSR count). The summed E-state index contributed by atoms with van der Waals surface area (Å²) >= 11 is 1.75. The molecule has 1 aromatic carbocycles. The second-order valence-corrected chi connectivity index (χ2v) is 9.10. The molecular weight excluding hydrogens is 344 g/mol. The predicted octanol–water partition coefficient (Wildman–Crippen LogP) is 2.19. The zero-order chi connectivity index (χ0) is 16.6. The average Bonchev–Trinajstić information content (AvgIpc) is 3.25. The van der Waals surface area contributed by atoms with Crippen molar-refractivity contribution in [1.82, 2.24) is 9.21 Å². The van der Waals surface area contributed by atoms with Gasteiger partial charge in [0, 0.05) is 44.0 Å². The lowest BCUT2D eigenvalue weighted by atomic mass is 10.2. The van der Waals surface area contributed by atoms with Gasteiger partial charge in [-0.15, -0.1) is 11.3 Å². The summed E-state index contributed by atoms with van der Waals surface area (Å²) in [5.74, 6) is 0.815. The molecule has 0 radical (unpaired) electrons. The lowest BCUT2D eigenvalue weighted by Gasteiger charge is -2.33. The van der Waals surface area contributed by atoms with Crippen LogP contribution in [0.3, 0.4) is 0 Å². The maximum Gasteiger partial charge on any atom is 0.243 e. The first kappa shape index (κ1) is 16.1. The van der Waals surface area contributed by atoms with E-state index in [1.54, 1.807) is 33.8 Å². The summed E-state index contributed by atoms with van der Waals surface area (Å²) in [6, 6.07) is 9.40. The van der Waals surface area contributed by atoms with Crippen molar-refractivity contribution in [2.45, 2.75) is 17.9 Å². The molecule has 1 aromatic heterocycles. The molecule has 5 nitrogen and oxygen atoms in total. The molecule has 0 amide bonds. The Kier molecular flexibility index (Phi) is 4.34. The Morgan fingerprint density at radius 3 is 2.71 bits per heavy atom. The van der Waals surface area contributed by atoms with Crippen LogP contribution in [0.15, 0.2) is 40.6 Å². The van der Waals surface area contributed by atoms with Gasteiger partial charge < -0.3 is 4.74 Å². The molecule has 0 aliphatic carbocycles. The van der Waals surface area contributed by atoms with Gasteiger partial charge >= 0.3 is 0 Å². The molecule has 0 saturated carbocycles. The van der Waals surface area contributed by atoms with Gasteiger partial charge in [-0.1, -0.05) is 6.07 Å². The third-order valence-corrected chi connectivity index (χ3v) is 7.35. The third kappa shape index (κ3) is 3.09. The van der Waals surface area contributed by atoms with Gasteiger partial charge in [-0.2, -0.15) is 4.31 Å². The number of nitrogens with zero attached hydrogens (tertiary/aromatic N) is 2. The molecule has 0 N–H and O–H groups in total. The fourth-order valence-corrected chi connectivity index (χ4v) is 5.44. The Morgan fingerprint density at radius 2 is 1.96 bits per heavy atom. The monoisotopic (exact) mass is 364 g/mol. The van der Waals surface area contributed by atoms with Crippen molar-refractivity contribution in [3.8, 4) is 5.75 Å². The molecule has 3 heterocycles. The quantitative estimate of drug-likeness (QED) is 0.834. The van der Waals surface area contributed by atoms with E-state index in [1.807, 2.05) is 0 Å². The summed E-state index contributed by atoms with van der Waals surface area (Å²) in [7, 11) is -3.42. The number of hydrogen-bond acceptors (Lipinski definition) is 5. The number of ether oxygens (including phenoxy) is 1. The Bertz CT molecular complexity index is 810. The number of hydrogen-bond donors (Lipinski definition) is 0. The third-order valence-electron chi connectivity index (χ3n) is 4.59. The molecule has 1 fully saturated rings. The minimum absolute atomic E-state index is 0.387. The highest BCUT2D eigenvalue weighted by Gasteiger charge is 2.29. The van der Waals surface area contributed by atoms with Crippen molar-refractivity contribution in [2.24, 2.45) is 0 Å². The highest BCUT2D eigenvalue weighted by molar-refractivity contribution is 7.89. The molecule has 2 aliphatic rings. The summed E-state index contributed by atoms with van der Waals surface area (Å²) in [5.41, 5.74) is 0.993. The zero-order valence-corrected chi connectivity index (χ0v) is 15.0. The average molecular weight is 364 g/mol. The van der Waals surface area contributed by atoms with Crippen LogP contribution >= 0.6 is 11.3 Å². The van der Waals surface area contributed by atoms with Crippen molar-refractivity contribution >= 4 is 21.4 Å². The summed E-state index contributed by atoms with van der Waals surface area (Å²) in [5, 5.41) is 2.08. The summed E-state index contributed by atoms with van der Waals surface area (Å²) in [6.45, 7) is 4.17. The van der Waals surface area contributed by atoms with Crippen molar-refractivity contribution in [3.05, 3.63) is 46.2 Å². The van der Waals surface area contributed by atoms with Crippen LogP contribution in [-0.2, 0) is 23.0 Å². The Balaban J connectivity index is 1.44.